The Bertz CT molecular complexity index is 414. The van der Waals surface area contributed by atoms with Gasteiger partial charge >= 0.3 is 0 Å². The lowest BCUT2D eigenvalue weighted by atomic mass is 10.2. The third-order valence-electron chi connectivity index (χ3n) is 2.37. The number of carbonyl (C=O) groups is 1. The van der Waals surface area contributed by atoms with Crippen molar-refractivity contribution in [3.05, 3.63) is 34.1 Å². The van der Waals surface area contributed by atoms with E-state index in [4.69, 9.17) is 9.47 Å². The maximum absolute atomic E-state index is 13.6. The highest BCUT2D eigenvalue weighted by atomic mass is 79.9. The SMILES string of the molecule is COCC(CNC(=O)c1cccc(Br)c1F)OC. The second-order valence-electron chi connectivity index (χ2n) is 3.62. The largest absolute Gasteiger partial charge is 0.382 e. The number of rotatable bonds is 6. The van der Waals surface area contributed by atoms with Gasteiger partial charge in [-0.1, -0.05) is 6.07 Å². The normalized spacial score (nSPS) is 12.2. The molecule has 0 heterocycles. The molecule has 1 rings (SSSR count). The van der Waals surface area contributed by atoms with Gasteiger partial charge in [0.25, 0.3) is 5.91 Å². The average Bonchev–Trinajstić information content (AvgIpc) is 2.37. The van der Waals surface area contributed by atoms with Gasteiger partial charge in [0.05, 0.1) is 22.7 Å². The molecule has 0 bridgehead atoms. The molecule has 0 saturated heterocycles. The Morgan fingerprint density at radius 1 is 1.50 bits per heavy atom. The molecule has 4 nitrogen and oxygen atoms in total. The van der Waals surface area contributed by atoms with Gasteiger partial charge in [0, 0.05) is 20.8 Å². The average molecular weight is 320 g/mol. The van der Waals surface area contributed by atoms with Crippen molar-refractivity contribution in [1.82, 2.24) is 5.32 Å². The van der Waals surface area contributed by atoms with E-state index in [0.29, 0.717) is 6.61 Å². The smallest absolute Gasteiger partial charge is 0.254 e. The summed E-state index contributed by atoms with van der Waals surface area (Å²) in [7, 11) is 3.07. The zero-order valence-electron chi connectivity index (χ0n) is 10.2. The van der Waals surface area contributed by atoms with E-state index in [1.807, 2.05) is 0 Å². The molecule has 100 valence electrons. The Balaban J connectivity index is 2.62. The van der Waals surface area contributed by atoms with Gasteiger partial charge in [-0.3, -0.25) is 4.79 Å². The van der Waals surface area contributed by atoms with Crippen molar-refractivity contribution in [3.63, 3.8) is 0 Å². The van der Waals surface area contributed by atoms with Crippen molar-refractivity contribution >= 4 is 21.8 Å². The van der Waals surface area contributed by atoms with Crippen molar-refractivity contribution in [2.24, 2.45) is 0 Å². The molecule has 1 atom stereocenters. The molecule has 0 saturated carbocycles. The van der Waals surface area contributed by atoms with Gasteiger partial charge < -0.3 is 14.8 Å². The molecule has 1 aromatic carbocycles. The molecule has 0 spiro atoms. The van der Waals surface area contributed by atoms with Gasteiger partial charge in [0.2, 0.25) is 0 Å². The third-order valence-corrected chi connectivity index (χ3v) is 2.98. The molecule has 1 amide bonds. The summed E-state index contributed by atoms with van der Waals surface area (Å²) < 4.78 is 23.9. The molecule has 0 aliphatic heterocycles. The van der Waals surface area contributed by atoms with E-state index in [9.17, 15) is 9.18 Å². The fourth-order valence-electron chi connectivity index (χ4n) is 1.38. The van der Waals surface area contributed by atoms with Crippen molar-refractivity contribution < 1.29 is 18.7 Å². The molecule has 0 aliphatic carbocycles. The number of halogens is 2. The second-order valence-corrected chi connectivity index (χ2v) is 4.48. The van der Waals surface area contributed by atoms with Crippen LogP contribution in [0.1, 0.15) is 10.4 Å². The van der Waals surface area contributed by atoms with Gasteiger partial charge in [-0.05, 0) is 28.1 Å². The Hall–Kier alpha value is -0.980. The lowest BCUT2D eigenvalue weighted by molar-refractivity contribution is 0.0285. The first-order valence-corrected chi connectivity index (χ1v) is 6.13. The summed E-state index contributed by atoms with van der Waals surface area (Å²) in [4.78, 5) is 11.8. The molecule has 0 radical (unpaired) electrons. The summed E-state index contributed by atoms with van der Waals surface area (Å²) in [5, 5.41) is 2.60. The summed E-state index contributed by atoms with van der Waals surface area (Å²) >= 11 is 3.03. The van der Waals surface area contributed by atoms with Crippen molar-refractivity contribution in [3.8, 4) is 0 Å². The quantitative estimate of drug-likeness (QED) is 0.872. The first kappa shape index (κ1) is 15.1. The van der Waals surface area contributed by atoms with E-state index < -0.39 is 11.7 Å². The summed E-state index contributed by atoms with van der Waals surface area (Å²) in [6.07, 6.45) is -0.255. The second kappa shape index (κ2) is 7.45. The Morgan fingerprint density at radius 2 is 2.22 bits per heavy atom. The van der Waals surface area contributed by atoms with E-state index in [-0.39, 0.29) is 22.7 Å². The first-order chi connectivity index (χ1) is 8.60. The molecule has 0 aromatic heterocycles. The lowest BCUT2D eigenvalue weighted by Crippen LogP contribution is -2.36. The molecule has 0 fully saturated rings. The van der Waals surface area contributed by atoms with Crippen LogP contribution < -0.4 is 5.32 Å². The van der Waals surface area contributed by atoms with Crippen LogP contribution in [0.5, 0.6) is 0 Å². The summed E-state index contributed by atoms with van der Waals surface area (Å²) in [5.74, 6) is -1.05. The molecular formula is C12H15BrFNO3. The maximum atomic E-state index is 13.6. The number of methoxy groups -OCH3 is 2. The maximum Gasteiger partial charge on any atom is 0.254 e. The van der Waals surface area contributed by atoms with Crippen molar-refractivity contribution in [2.75, 3.05) is 27.4 Å². The minimum absolute atomic E-state index is 0.00311. The van der Waals surface area contributed by atoms with Crippen LogP contribution in [-0.2, 0) is 9.47 Å². The molecule has 1 unspecified atom stereocenters. The molecule has 18 heavy (non-hydrogen) atoms. The monoisotopic (exact) mass is 319 g/mol. The number of nitrogens with one attached hydrogen (secondary N) is 1. The topological polar surface area (TPSA) is 47.6 Å². The van der Waals surface area contributed by atoms with Gasteiger partial charge in [-0.25, -0.2) is 4.39 Å². The zero-order chi connectivity index (χ0) is 13.5. The van der Waals surface area contributed by atoms with E-state index in [0.717, 1.165) is 0 Å². The summed E-state index contributed by atoms with van der Waals surface area (Å²) in [5.41, 5.74) is -0.00311. The fraction of sp³-hybridized carbons (Fsp3) is 0.417. The highest BCUT2D eigenvalue weighted by Gasteiger charge is 2.15. The standard InChI is InChI=1S/C12H15BrFNO3/c1-17-7-8(18-2)6-15-12(16)9-4-3-5-10(13)11(9)14/h3-5,8H,6-7H2,1-2H3,(H,15,16). The Labute approximate surface area is 114 Å². The molecule has 6 heteroatoms. The molecule has 0 aliphatic rings. The highest BCUT2D eigenvalue weighted by Crippen LogP contribution is 2.18. The number of hydrogen-bond acceptors (Lipinski definition) is 3. The summed E-state index contributed by atoms with van der Waals surface area (Å²) in [6, 6.07) is 4.56. The van der Waals surface area contributed by atoms with Crippen molar-refractivity contribution in [2.45, 2.75) is 6.10 Å². The van der Waals surface area contributed by atoms with E-state index in [1.54, 1.807) is 13.2 Å². The molecule has 1 N–H and O–H groups in total. The van der Waals surface area contributed by atoms with Crippen LogP contribution in [0.25, 0.3) is 0 Å². The third kappa shape index (κ3) is 4.04. The van der Waals surface area contributed by atoms with Gasteiger partial charge in [-0.2, -0.15) is 0 Å². The van der Waals surface area contributed by atoms with Gasteiger partial charge in [0.15, 0.2) is 0 Å². The van der Waals surface area contributed by atoms with Crippen molar-refractivity contribution in [1.29, 1.82) is 0 Å². The first-order valence-electron chi connectivity index (χ1n) is 5.34. The minimum atomic E-state index is -0.573. The number of ether oxygens (including phenoxy) is 2. The Morgan fingerprint density at radius 3 is 2.83 bits per heavy atom. The molecular weight excluding hydrogens is 305 g/mol. The van der Waals surface area contributed by atoms with Crippen LogP contribution in [0, 0.1) is 5.82 Å². The number of hydrogen-bond donors (Lipinski definition) is 1. The number of carbonyl (C=O) groups excluding carboxylic acids is 1. The fourth-order valence-corrected chi connectivity index (χ4v) is 1.74. The van der Waals surface area contributed by atoms with E-state index >= 15 is 0 Å². The van der Waals surface area contributed by atoms with Crippen LogP contribution in [0.4, 0.5) is 4.39 Å². The predicted molar refractivity (Wildman–Crippen MR) is 69.1 cm³/mol. The van der Waals surface area contributed by atoms with Crippen LogP contribution in [0.2, 0.25) is 0 Å². The molecule has 1 aromatic rings. The summed E-state index contributed by atoms with van der Waals surface area (Å²) in [6.45, 7) is 0.618. The highest BCUT2D eigenvalue weighted by molar-refractivity contribution is 9.10. The van der Waals surface area contributed by atoms with E-state index in [2.05, 4.69) is 21.2 Å². The van der Waals surface area contributed by atoms with Crippen LogP contribution >= 0.6 is 15.9 Å². The zero-order valence-corrected chi connectivity index (χ0v) is 11.8. The minimum Gasteiger partial charge on any atom is -0.382 e. The van der Waals surface area contributed by atoms with Crippen LogP contribution in [0.15, 0.2) is 22.7 Å². The van der Waals surface area contributed by atoms with E-state index in [1.165, 1.54) is 19.2 Å². The number of amides is 1. The lowest BCUT2D eigenvalue weighted by Gasteiger charge is -2.15. The van der Waals surface area contributed by atoms with Crippen LogP contribution in [-0.4, -0.2) is 39.4 Å². The Kier molecular flexibility index (Phi) is 6.24. The predicted octanol–water partition coefficient (Wildman–Crippen LogP) is 1.98. The van der Waals surface area contributed by atoms with Crippen LogP contribution in [0.3, 0.4) is 0 Å². The number of benzene rings is 1. The van der Waals surface area contributed by atoms with Gasteiger partial charge in [-0.15, -0.1) is 0 Å². The van der Waals surface area contributed by atoms with Gasteiger partial charge in [0.1, 0.15) is 5.82 Å².